The normalized spacial score (nSPS) is 14.5. The van der Waals surface area contributed by atoms with Gasteiger partial charge in [-0.2, -0.15) is 4.68 Å². The molecule has 1 aliphatic rings. The Bertz CT molecular complexity index is 766. The van der Waals surface area contributed by atoms with E-state index in [2.05, 4.69) is 5.10 Å². The van der Waals surface area contributed by atoms with Crippen LogP contribution in [-0.4, -0.2) is 21.7 Å². The van der Waals surface area contributed by atoms with Gasteiger partial charge < -0.3 is 10.5 Å². The second kappa shape index (κ2) is 5.62. The van der Waals surface area contributed by atoms with Gasteiger partial charge in [0.2, 0.25) is 5.88 Å². The number of fused-ring (bicyclic) bond motifs is 1. The number of nitrogens with two attached hydrogens (primary N) is 1. The number of aromatic nitrogens is 2. The highest BCUT2D eigenvalue weighted by Crippen LogP contribution is 2.34. The Morgan fingerprint density at radius 3 is 2.55 bits per heavy atom. The molecule has 1 aromatic heterocycles. The molecule has 0 spiro atoms. The quantitative estimate of drug-likeness (QED) is 0.850. The van der Waals surface area contributed by atoms with E-state index in [1.165, 1.54) is 0 Å². The van der Waals surface area contributed by atoms with Crippen molar-refractivity contribution < 1.29 is 14.3 Å². The minimum absolute atomic E-state index is 0.00832. The largest absolute Gasteiger partial charge is 0.407 e. The maximum atomic E-state index is 12.0. The van der Waals surface area contributed by atoms with Gasteiger partial charge in [-0.25, -0.2) is 0 Å². The summed E-state index contributed by atoms with van der Waals surface area (Å²) in [5, 5.41) is 4.88. The third-order valence-electron chi connectivity index (χ3n) is 3.37. The van der Waals surface area contributed by atoms with E-state index < -0.39 is 5.97 Å². The number of carbonyl (C=O) groups excluding carboxylic acids is 2. The van der Waals surface area contributed by atoms with Crippen molar-refractivity contribution in [2.75, 3.05) is 5.73 Å². The fraction of sp³-hybridized carbons (Fsp3) is 0.214. The van der Waals surface area contributed by atoms with E-state index in [0.717, 1.165) is 4.68 Å². The molecule has 1 aliphatic heterocycles. The summed E-state index contributed by atoms with van der Waals surface area (Å²) in [6.45, 7) is 0. The lowest BCUT2D eigenvalue weighted by atomic mass is 10.1. The molecule has 0 aliphatic carbocycles. The third kappa shape index (κ3) is 2.55. The van der Waals surface area contributed by atoms with Crippen molar-refractivity contribution in [3.8, 4) is 5.88 Å². The molecule has 0 amide bonds. The summed E-state index contributed by atoms with van der Waals surface area (Å²) in [6.07, 6.45) is 0.244. The van der Waals surface area contributed by atoms with Crippen molar-refractivity contribution in [3.63, 3.8) is 0 Å². The molecule has 3 rings (SSSR count). The smallest absolute Gasteiger partial charge is 0.313 e. The first kappa shape index (κ1) is 14.9. The number of halogens is 2. The van der Waals surface area contributed by atoms with Gasteiger partial charge >= 0.3 is 5.97 Å². The van der Waals surface area contributed by atoms with Crippen LogP contribution in [0.4, 0.5) is 5.82 Å². The van der Waals surface area contributed by atoms with Crippen LogP contribution in [0, 0.1) is 0 Å². The molecule has 0 unspecified atom stereocenters. The van der Waals surface area contributed by atoms with E-state index in [1.54, 1.807) is 18.2 Å². The Hall–Kier alpha value is -2.05. The molecule has 8 heteroatoms. The molecule has 22 heavy (non-hydrogen) atoms. The lowest BCUT2D eigenvalue weighted by Gasteiger charge is -2.08. The average molecular weight is 340 g/mol. The molecule has 6 nitrogen and oxygen atoms in total. The summed E-state index contributed by atoms with van der Waals surface area (Å²) >= 11 is 12.3. The van der Waals surface area contributed by atoms with E-state index in [0.29, 0.717) is 21.2 Å². The molecule has 114 valence electrons. The van der Waals surface area contributed by atoms with Crippen molar-refractivity contribution in [1.29, 1.82) is 0 Å². The Morgan fingerprint density at radius 1 is 1.18 bits per heavy atom. The van der Waals surface area contributed by atoms with Crippen LogP contribution in [0.15, 0.2) is 18.2 Å². The Labute approximate surface area is 135 Å². The lowest BCUT2D eigenvalue weighted by Crippen LogP contribution is -2.10. The Morgan fingerprint density at radius 2 is 1.86 bits per heavy atom. The van der Waals surface area contributed by atoms with Crippen LogP contribution in [0.25, 0.3) is 0 Å². The van der Waals surface area contributed by atoms with Gasteiger partial charge in [-0.1, -0.05) is 29.3 Å². The fourth-order valence-corrected chi connectivity index (χ4v) is 2.77. The molecule has 0 saturated carbocycles. The topological polar surface area (TPSA) is 87.2 Å². The van der Waals surface area contributed by atoms with Crippen molar-refractivity contribution >= 4 is 40.9 Å². The van der Waals surface area contributed by atoms with Gasteiger partial charge in [0.15, 0.2) is 5.82 Å². The monoisotopic (exact) mass is 339 g/mol. The fourth-order valence-electron chi connectivity index (χ4n) is 2.24. The highest BCUT2D eigenvalue weighted by atomic mass is 35.5. The SMILES string of the molecule is Nc1nn2c(c1Cc1c(Cl)cccc1Cl)OC(=O)CCC2=O. The van der Waals surface area contributed by atoms with Crippen LogP contribution in [0.1, 0.15) is 28.8 Å². The average Bonchev–Trinajstić information content (AvgIpc) is 2.69. The minimum atomic E-state index is -0.501. The van der Waals surface area contributed by atoms with Crippen molar-refractivity contribution in [2.24, 2.45) is 0 Å². The van der Waals surface area contributed by atoms with E-state index >= 15 is 0 Å². The van der Waals surface area contributed by atoms with Gasteiger partial charge in [-0.15, -0.1) is 5.10 Å². The van der Waals surface area contributed by atoms with E-state index in [-0.39, 0.29) is 36.9 Å². The zero-order chi connectivity index (χ0) is 15.9. The predicted molar refractivity (Wildman–Crippen MR) is 81.4 cm³/mol. The maximum absolute atomic E-state index is 12.0. The maximum Gasteiger partial charge on any atom is 0.313 e. The first-order valence-corrected chi connectivity index (χ1v) is 7.27. The molecule has 0 radical (unpaired) electrons. The van der Waals surface area contributed by atoms with Gasteiger partial charge in [0.1, 0.15) is 0 Å². The summed E-state index contributed by atoms with van der Waals surface area (Å²) in [5.41, 5.74) is 6.91. The molecule has 0 bridgehead atoms. The summed E-state index contributed by atoms with van der Waals surface area (Å²) in [5.74, 6) is -0.697. The van der Waals surface area contributed by atoms with E-state index in [1.807, 2.05) is 0 Å². The standard InChI is InChI=1S/C14H11Cl2N3O3/c15-9-2-1-3-10(16)7(9)6-8-13(17)18-19-11(20)4-5-12(21)22-14(8)19/h1-3H,4-6H2,(H2,17,18). The predicted octanol–water partition coefficient (Wildman–Crippen LogP) is 2.70. The zero-order valence-electron chi connectivity index (χ0n) is 11.3. The number of anilines is 1. The van der Waals surface area contributed by atoms with Crippen LogP contribution in [0.2, 0.25) is 10.0 Å². The number of nitrogens with zero attached hydrogens (tertiary/aromatic N) is 2. The number of nitrogen functional groups attached to an aromatic ring is 1. The zero-order valence-corrected chi connectivity index (χ0v) is 12.8. The molecule has 2 N–H and O–H groups in total. The van der Waals surface area contributed by atoms with E-state index in [9.17, 15) is 9.59 Å². The Kier molecular flexibility index (Phi) is 3.80. The summed E-state index contributed by atoms with van der Waals surface area (Å²) in [4.78, 5) is 23.6. The number of esters is 1. The second-order valence-corrected chi connectivity index (χ2v) is 5.64. The van der Waals surface area contributed by atoms with Crippen LogP contribution in [0.5, 0.6) is 5.88 Å². The van der Waals surface area contributed by atoms with Crippen LogP contribution in [-0.2, 0) is 11.2 Å². The molecule has 0 saturated heterocycles. The highest BCUT2D eigenvalue weighted by molar-refractivity contribution is 6.36. The number of hydrogen-bond acceptors (Lipinski definition) is 5. The van der Waals surface area contributed by atoms with Crippen molar-refractivity contribution in [2.45, 2.75) is 19.3 Å². The molecule has 0 atom stereocenters. The number of ether oxygens (including phenoxy) is 1. The van der Waals surface area contributed by atoms with Gasteiger partial charge in [0.25, 0.3) is 5.91 Å². The number of benzene rings is 1. The number of rotatable bonds is 2. The summed E-state index contributed by atoms with van der Waals surface area (Å²) in [6, 6.07) is 5.11. The molecule has 2 aromatic rings. The van der Waals surface area contributed by atoms with Crippen LogP contribution in [0.3, 0.4) is 0 Å². The van der Waals surface area contributed by atoms with Gasteiger partial charge in [-0.05, 0) is 17.7 Å². The Balaban J connectivity index is 2.09. The second-order valence-electron chi connectivity index (χ2n) is 4.83. The van der Waals surface area contributed by atoms with Crippen LogP contribution >= 0.6 is 23.2 Å². The number of carbonyl (C=O) groups is 2. The third-order valence-corrected chi connectivity index (χ3v) is 4.08. The number of hydrogen-bond donors (Lipinski definition) is 1. The van der Waals surface area contributed by atoms with Crippen molar-refractivity contribution in [1.82, 2.24) is 9.78 Å². The van der Waals surface area contributed by atoms with Gasteiger partial charge in [-0.3, -0.25) is 9.59 Å². The van der Waals surface area contributed by atoms with Gasteiger partial charge in [0.05, 0.1) is 12.0 Å². The van der Waals surface area contributed by atoms with Crippen molar-refractivity contribution in [3.05, 3.63) is 39.4 Å². The summed E-state index contributed by atoms with van der Waals surface area (Å²) in [7, 11) is 0. The highest BCUT2D eigenvalue weighted by Gasteiger charge is 2.28. The van der Waals surface area contributed by atoms with E-state index in [4.69, 9.17) is 33.7 Å². The summed E-state index contributed by atoms with van der Waals surface area (Å²) < 4.78 is 6.23. The molecular weight excluding hydrogens is 329 g/mol. The minimum Gasteiger partial charge on any atom is -0.407 e. The molecule has 1 aromatic carbocycles. The first-order valence-electron chi connectivity index (χ1n) is 6.51. The molecular formula is C14H11Cl2N3O3. The van der Waals surface area contributed by atoms with Gasteiger partial charge in [0, 0.05) is 22.9 Å². The molecule has 2 heterocycles. The lowest BCUT2D eigenvalue weighted by molar-refractivity contribution is -0.134. The first-order chi connectivity index (χ1) is 10.5. The molecule has 0 fully saturated rings. The van der Waals surface area contributed by atoms with Crippen LogP contribution < -0.4 is 10.5 Å².